The lowest BCUT2D eigenvalue weighted by molar-refractivity contribution is 0.603. The third-order valence-corrected chi connectivity index (χ3v) is 2.90. The molecular weight excluding hydrogens is 237 g/mol. The van der Waals surface area contributed by atoms with E-state index in [4.69, 9.17) is 0 Å². The first-order valence-electron chi connectivity index (χ1n) is 6.52. The van der Waals surface area contributed by atoms with E-state index in [0.29, 0.717) is 6.42 Å². The van der Waals surface area contributed by atoms with Gasteiger partial charge in [0, 0.05) is 6.54 Å². The standard InChI is InChI=1S/C17H18FN/c18-17-11-5-4-10-16(17)12-14-19-13-6-9-15-7-2-1-3-8-15/h1-11,19H,12-14H2/b9-6+. The highest BCUT2D eigenvalue weighted by Crippen LogP contribution is 2.06. The SMILES string of the molecule is Fc1ccccc1CCNC/C=C/c1ccccc1. The van der Waals surface area contributed by atoms with Gasteiger partial charge in [0.2, 0.25) is 0 Å². The predicted molar refractivity (Wildman–Crippen MR) is 78.4 cm³/mol. The van der Waals surface area contributed by atoms with Gasteiger partial charge in [-0.05, 0) is 30.2 Å². The minimum absolute atomic E-state index is 0.121. The lowest BCUT2D eigenvalue weighted by Gasteiger charge is -2.03. The lowest BCUT2D eigenvalue weighted by Crippen LogP contribution is -2.17. The molecule has 2 heteroatoms. The van der Waals surface area contributed by atoms with Gasteiger partial charge in [0.25, 0.3) is 0 Å². The van der Waals surface area contributed by atoms with Gasteiger partial charge in [-0.15, -0.1) is 0 Å². The molecule has 0 saturated heterocycles. The Balaban J connectivity index is 1.68. The molecule has 0 heterocycles. The van der Waals surface area contributed by atoms with E-state index in [-0.39, 0.29) is 5.82 Å². The number of benzene rings is 2. The zero-order valence-corrected chi connectivity index (χ0v) is 10.9. The number of rotatable bonds is 6. The average Bonchev–Trinajstić information content (AvgIpc) is 2.45. The maximum Gasteiger partial charge on any atom is 0.126 e. The Morgan fingerprint density at radius 3 is 2.47 bits per heavy atom. The Morgan fingerprint density at radius 2 is 1.68 bits per heavy atom. The summed E-state index contributed by atoms with van der Waals surface area (Å²) in [6, 6.07) is 17.1. The molecular formula is C17H18FN. The first-order chi connectivity index (χ1) is 9.36. The Morgan fingerprint density at radius 1 is 0.947 bits per heavy atom. The molecule has 0 atom stereocenters. The second-order valence-electron chi connectivity index (χ2n) is 4.36. The predicted octanol–water partition coefficient (Wildman–Crippen LogP) is 3.67. The molecule has 0 fully saturated rings. The minimum Gasteiger partial charge on any atom is -0.313 e. The number of halogens is 1. The van der Waals surface area contributed by atoms with Crippen LogP contribution in [-0.4, -0.2) is 13.1 Å². The third-order valence-electron chi connectivity index (χ3n) is 2.90. The summed E-state index contributed by atoms with van der Waals surface area (Å²) in [7, 11) is 0. The maximum atomic E-state index is 13.3. The molecule has 0 saturated carbocycles. The van der Waals surface area contributed by atoms with E-state index in [1.54, 1.807) is 6.07 Å². The second kappa shape index (κ2) is 7.49. The highest BCUT2D eigenvalue weighted by Gasteiger charge is 1.98. The molecule has 0 aliphatic rings. The van der Waals surface area contributed by atoms with E-state index in [2.05, 4.69) is 29.6 Å². The third kappa shape index (κ3) is 4.68. The normalized spacial score (nSPS) is 11.0. The minimum atomic E-state index is -0.121. The van der Waals surface area contributed by atoms with Gasteiger partial charge < -0.3 is 5.32 Å². The van der Waals surface area contributed by atoms with Crippen molar-refractivity contribution in [1.29, 1.82) is 0 Å². The van der Waals surface area contributed by atoms with Gasteiger partial charge in [-0.2, -0.15) is 0 Å². The fourth-order valence-electron chi connectivity index (χ4n) is 1.87. The molecule has 0 aromatic heterocycles. The van der Waals surface area contributed by atoms with Crippen molar-refractivity contribution in [3.8, 4) is 0 Å². The Labute approximate surface area is 113 Å². The fourth-order valence-corrected chi connectivity index (χ4v) is 1.87. The summed E-state index contributed by atoms with van der Waals surface area (Å²) in [4.78, 5) is 0. The van der Waals surface area contributed by atoms with E-state index < -0.39 is 0 Å². The molecule has 2 rings (SSSR count). The molecule has 1 N–H and O–H groups in total. The summed E-state index contributed by atoms with van der Waals surface area (Å²) in [5, 5.41) is 3.28. The van der Waals surface area contributed by atoms with Crippen LogP contribution >= 0.6 is 0 Å². The zero-order chi connectivity index (χ0) is 13.3. The Kier molecular flexibility index (Phi) is 5.32. The largest absolute Gasteiger partial charge is 0.313 e. The molecule has 2 aromatic rings. The van der Waals surface area contributed by atoms with E-state index in [9.17, 15) is 4.39 Å². The topological polar surface area (TPSA) is 12.0 Å². The summed E-state index contributed by atoms with van der Waals surface area (Å²) < 4.78 is 13.3. The highest BCUT2D eigenvalue weighted by atomic mass is 19.1. The zero-order valence-electron chi connectivity index (χ0n) is 10.9. The van der Waals surface area contributed by atoms with Gasteiger partial charge in [-0.3, -0.25) is 0 Å². The molecule has 0 aliphatic carbocycles. The highest BCUT2D eigenvalue weighted by molar-refractivity contribution is 5.48. The molecule has 0 radical (unpaired) electrons. The maximum absolute atomic E-state index is 13.3. The van der Waals surface area contributed by atoms with Crippen LogP contribution < -0.4 is 5.32 Å². The summed E-state index contributed by atoms with van der Waals surface area (Å²) in [5.41, 5.74) is 1.96. The van der Waals surface area contributed by atoms with Crippen molar-refractivity contribution in [3.05, 3.63) is 77.6 Å². The van der Waals surface area contributed by atoms with Crippen molar-refractivity contribution in [1.82, 2.24) is 5.32 Å². The second-order valence-corrected chi connectivity index (χ2v) is 4.36. The van der Waals surface area contributed by atoms with Crippen molar-refractivity contribution in [3.63, 3.8) is 0 Å². The van der Waals surface area contributed by atoms with Crippen LogP contribution in [0.3, 0.4) is 0 Å². The van der Waals surface area contributed by atoms with Gasteiger partial charge in [-0.25, -0.2) is 4.39 Å². The number of nitrogens with one attached hydrogen (secondary N) is 1. The smallest absolute Gasteiger partial charge is 0.126 e. The average molecular weight is 255 g/mol. The quantitative estimate of drug-likeness (QED) is 0.777. The van der Waals surface area contributed by atoms with E-state index in [1.807, 2.05) is 30.3 Å². The van der Waals surface area contributed by atoms with Gasteiger partial charge in [0.1, 0.15) is 5.82 Å². The van der Waals surface area contributed by atoms with Gasteiger partial charge >= 0.3 is 0 Å². The van der Waals surface area contributed by atoms with Crippen LogP contribution in [0.5, 0.6) is 0 Å². The van der Waals surface area contributed by atoms with Crippen LogP contribution in [0.25, 0.3) is 6.08 Å². The molecule has 2 aromatic carbocycles. The van der Waals surface area contributed by atoms with Crippen molar-refractivity contribution >= 4 is 6.08 Å². The molecule has 98 valence electrons. The molecule has 0 spiro atoms. The fraction of sp³-hybridized carbons (Fsp3) is 0.176. The molecule has 0 amide bonds. The molecule has 1 nitrogen and oxygen atoms in total. The lowest BCUT2D eigenvalue weighted by atomic mass is 10.1. The van der Waals surface area contributed by atoms with E-state index >= 15 is 0 Å². The monoisotopic (exact) mass is 255 g/mol. The number of hydrogen-bond donors (Lipinski definition) is 1. The summed E-state index contributed by atoms with van der Waals surface area (Å²) in [6.45, 7) is 1.57. The molecule has 0 unspecified atom stereocenters. The molecule has 19 heavy (non-hydrogen) atoms. The van der Waals surface area contributed by atoms with Crippen LogP contribution in [-0.2, 0) is 6.42 Å². The van der Waals surface area contributed by atoms with Crippen LogP contribution in [0, 0.1) is 5.82 Å². The van der Waals surface area contributed by atoms with Crippen LogP contribution in [0.1, 0.15) is 11.1 Å². The van der Waals surface area contributed by atoms with Gasteiger partial charge in [-0.1, -0.05) is 60.7 Å². The Hall–Kier alpha value is -1.93. The van der Waals surface area contributed by atoms with E-state index in [0.717, 1.165) is 18.7 Å². The first kappa shape index (κ1) is 13.5. The van der Waals surface area contributed by atoms with E-state index in [1.165, 1.54) is 11.6 Å². The molecule has 0 bridgehead atoms. The van der Waals surface area contributed by atoms with Crippen molar-refractivity contribution < 1.29 is 4.39 Å². The van der Waals surface area contributed by atoms with Gasteiger partial charge in [0.05, 0.1) is 0 Å². The Bertz CT molecular complexity index is 520. The van der Waals surface area contributed by atoms with Crippen molar-refractivity contribution in [2.45, 2.75) is 6.42 Å². The van der Waals surface area contributed by atoms with Crippen LogP contribution in [0.15, 0.2) is 60.7 Å². The summed E-state index contributed by atoms with van der Waals surface area (Å²) in [6.07, 6.45) is 4.87. The molecule has 0 aliphatic heterocycles. The van der Waals surface area contributed by atoms with Gasteiger partial charge in [0.15, 0.2) is 0 Å². The number of hydrogen-bond acceptors (Lipinski definition) is 1. The first-order valence-corrected chi connectivity index (χ1v) is 6.52. The summed E-state index contributed by atoms with van der Waals surface area (Å²) >= 11 is 0. The summed E-state index contributed by atoms with van der Waals surface area (Å²) in [5.74, 6) is -0.121. The van der Waals surface area contributed by atoms with Crippen LogP contribution in [0.4, 0.5) is 4.39 Å². The van der Waals surface area contributed by atoms with Crippen molar-refractivity contribution in [2.24, 2.45) is 0 Å². The van der Waals surface area contributed by atoms with Crippen LogP contribution in [0.2, 0.25) is 0 Å². The van der Waals surface area contributed by atoms with Crippen molar-refractivity contribution in [2.75, 3.05) is 13.1 Å².